The fourth-order valence-electron chi connectivity index (χ4n) is 2.19. The molecule has 0 saturated heterocycles. The Bertz CT molecular complexity index is 523. The summed E-state index contributed by atoms with van der Waals surface area (Å²) in [6.07, 6.45) is 2.77. The average molecular weight is 241 g/mol. The van der Waals surface area contributed by atoms with Gasteiger partial charge in [0.15, 0.2) is 0 Å². The van der Waals surface area contributed by atoms with Gasteiger partial charge in [0.25, 0.3) is 0 Å². The predicted molar refractivity (Wildman–Crippen MR) is 74.0 cm³/mol. The lowest BCUT2D eigenvalue weighted by Gasteiger charge is -2.19. The van der Waals surface area contributed by atoms with Crippen LogP contribution in [0.15, 0.2) is 42.6 Å². The molecule has 18 heavy (non-hydrogen) atoms. The number of nitrogens with two attached hydrogens (primary N) is 1. The van der Waals surface area contributed by atoms with Crippen LogP contribution in [0.4, 0.5) is 0 Å². The SMILES string of the molecule is CCc1cccnc1C(NN)c1cccc(C)c1. The molecule has 94 valence electrons. The Morgan fingerprint density at radius 1 is 1.28 bits per heavy atom. The van der Waals surface area contributed by atoms with Gasteiger partial charge >= 0.3 is 0 Å². The van der Waals surface area contributed by atoms with Gasteiger partial charge in [0.2, 0.25) is 0 Å². The molecule has 0 fully saturated rings. The molecule has 0 bridgehead atoms. The van der Waals surface area contributed by atoms with Gasteiger partial charge in [-0.25, -0.2) is 5.43 Å². The fourth-order valence-corrected chi connectivity index (χ4v) is 2.19. The first-order valence-electron chi connectivity index (χ1n) is 6.22. The molecule has 1 atom stereocenters. The summed E-state index contributed by atoms with van der Waals surface area (Å²) < 4.78 is 0. The first-order chi connectivity index (χ1) is 8.76. The number of nitrogens with zero attached hydrogens (tertiary/aromatic N) is 1. The van der Waals surface area contributed by atoms with Crippen molar-refractivity contribution in [3.8, 4) is 0 Å². The molecule has 3 heteroatoms. The van der Waals surface area contributed by atoms with Crippen LogP contribution in [0.25, 0.3) is 0 Å². The van der Waals surface area contributed by atoms with Gasteiger partial charge in [-0.3, -0.25) is 10.8 Å². The van der Waals surface area contributed by atoms with E-state index < -0.39 is 0 Å². The second-order valence-corrected chi connectivity index (χ2v) is 4.42. The molecule has 1 aromatic heterocycles. The number of benzene rings is 1. The Morgan fingerprint density at radius 2 is 2.11 bits per heavy atom. The zero-order valence-corrected chi connectivity index (χ0v) is 10.9. The molecule has 0 radical (unpaired) electrons. The number of hydrazine groups is 1. The van der Waals surface area contributed by atoms with Gasteiger partial charge in [-0.05, 0) is 30.5 Å². The number of rotatable bonds is 4. The Hall–Kier alpha value is -1.71. The summed E-state index contributed by atoms with van der Waals surface area (Å²) in [5.74, 6) is 5.72. The first-order valence-corrected chi connectivity index (χ1v) is 6.22. The summed E-state index contributed by atoms with van der Waals surface area (Å²) >= 11 is 0. The molecular formula is C15H19N3. The average Bonchev–Trinajstić information content (AvgIpc) is 2.40. The highest BCUT2D eigenvalue weighted by Gasteiger charge is 2.16. The maximum Gasteiger partial charge on any atom is 0.0884 e. The highest BCUT2D eigenvalue weighted by atomic mass is 15.2. The second-order valence-electron chi connectivity index (χ2n) is 4.42. The molecule has 3 N–H and O–H groups in total. The van der Waals surface area contributed by atoms with Crippen LogP contribution in [-0.2, 0) is 6.42 Å². The summed E-state index contributed by atoms with van der Waals surface area (Å²) in [4.78, 5) is 4.48. The van der Waals surface area contributed by atoms with Crippen molar-refractivity contribution in [3.63, 3.8) is 0 Å². The highest BCUT2D eigenvalue weighted by Crippen LogP contribution is 2.23. The van der Waals surface area contributed by atoms with Crippen LogP contribution in [0.3, 0.4) is 0 Å². The lowest BCUT2D eigenvalue weighted by Crippen LogP contribution is -2.30. The van der Waals surface area contributed by atoms with Crippen LogP contribution >= 0.6 is 0 Å². The summed E-state index contributed by atoms with van der Waals surface area (Å²) in [6.45, 7) is 4.21. The molecular weight excluding hydrogens is 222 g/mol. The molecule has 1 aromatic carbocycles. The third-order valence-corrected chi connectivity index (χ3v) is 3.12. The van der Waals surface area contributed by atoms with Gasteiger partial charge in [-0.15, -0.1) is 0 Å². The highest BCUT2D eigenvalue weighted by molar-refractivity contribution is 5.34. The van der Waals surface area contributed by atoms with Crippen molar-refractivity contribution in [1.29, 1.82) is 0 Å². The molecule has 0 amide bonds. The summed E-state index contributed by atoms with van der Waals surface area (Å²) in [7, 11) is 0. The van der Waals surface area contributed by atoms with E-state index in [1.165, 1.54) is 11.1 Å². The van der Waals surface area contributed by atoms with Crippen LogP contribution in [0.1, 0.15) is 35.3 Å². The van der Waals surface area contributed by atoms with Gasteiger partial charge in [0.05, 0.1) is 11.7 Å². The van der Waals surface area contributed by atoms with Gasteiger partial charge < -0.3 is 0 Å². The van der Waals surface area contributed by atoms with E-state index in [0.717, 1.165) is 17.7 Å². The lowest BCUT2D eigenvalue weighted by atomic mass is 9.97. The third kappa shape index (κ3) is 2.58. The largest absolute Gasteiger partial charge is 0.271 e. The molecule has 0 aliphatic rings. The minimum absolute atomic E-state index is 0.0546. The van der Waals surface area contributed by atoms with Crippen LogP contribution in [0, 0.1) is 6.92 Å². The molecule has 1 heterocycles. The number of pyridine rings is 1. The molecule has 2 rings (SSSR count). The maximum atomic E-state index is 5.72. The fraction of sp³-hybridized carbons (Fsp3) is 0.267. The predicted octanol–water partition coefficient (Wildman–Crippen LogP) is 2.51. The maximum absolute atomic E-state index is 5.72. The molecule has 0 saturated carbocycles. The van der Waals surface area contributed by atoms with Gasteiger partial charge in [0.1, 0.15) is 0 Å². The Kier molecular flexibility index (Phi) is 4.07. The smallest absolute Gasteiger partial charge is 0.0884 e. The number of aromatic nitrogens is 1. The molecule has 0 aliphatic heterocycles. The molecule has 0 spiro atoms. The van der Waals surface area contributed by atoms with Crippen LogP contribution in [-0.4, -0.2) is 4.98 Å². The van der Waals surface area contributed by atoms with E-state index in [9.17, 15) is 0 Å². The van der Waals surface area contributed by atoms with E-state index in [1.54, 1.807) is 0 Å². The summed E-state index contributed by atoms with van der Waals surface area (Å²) in [6, 6.07) is 12.3. The standard InChI is InChI=1S/C15H19N3/c1-3-12-8-5-9-17-14(12)15(18-16)13-7-4-6-11(2)10-13/h4-10,15,18H,3,16H2,1-2H3. The van der Waals surface area contributed by atoms with Crippen LogP contribution < -0.4 is 11.3 Å². The van der Waals surface area contributed by atoms with Gasteiger partial charge in [0, 0.05) is 6.20 Å². The second kappa shape index (κ2) is 5.76. The number of hydrogen-bond acceptors (Lipinski definition) is 3. The van der Waals surface area contributed by atoms with Crippen molar-refractivity contribution >= 4 is 0 Å². The Labute approximate surface area is 108 Å². The first kappa shape index (κ1) is 12.7. The van der Waals surface area contributed by atoms with Crippen molar-refractivity contribution in [2.75, 3.05) is 0 Å². The van der Waals surface area contributed by atoms with Crippen molar-refractivity contribution in [1.82, 2.24) is 10.4 Å². The minimum Gasteiger partial charge on any atom is -0.271 e. The minimum atomic E-state index is -0.0546. The molecule has 3 nitrogen and oxygen atoms in total. The van der Waals surface area contributed by atoms with Gasteiger partial charge in [-0.2, -0.15) is 0 Å². The zero-order chi connectivity index (χ0) is 13.0. The van der Waals surface area contributed by atoms with E-state index in [1.807, 2.05) is 18.3 Å². The van der Waals surface area contributed by atoms with Gasteiger partial charge in [-0.1, -0.05) is 42.8 Å². The molecule has 0 aliphatic carbocycles. The van der Waals surface area contributed by atoms with E-state index in [-0.39, 0.29) is 6.04 Å². The van der Waals surface area contributed by atoms with Crippen molar-refractivity contribution in [3.05, 3.63) is 65.0 Å². The normalized spacial score (nSPS) is 12.4. The molecule has 2 aromatic rings. The third-order valence-electron chi connectivity index (χ3n) is 3.12. The van der Waals surface area contributed by atoms with Crippen LogP contribution in [0.5, 0.6) is 0 Å². The Morgan fingerprint density at radius 3 is 2.78 bits per heavy atom. The van der Waals surface area contributed by atoms with Crippen LogP contribution in [0.2, 0.25) is 0 Å². The summed E-state index contributed by atoms with van der Waals surface area (Å²) in [5, 5.41) is 0. The quantitative estimate of drug-likeness (QED) is 0.639. The van der Waals surface area contributed by atoms with E-state index in [2.05, 4.69) is 48.5 Å². The zero-order valence-electron chi connectivity index (χ0n) is 10.9. The van der Waals surface area contributed by atoms with Crippen molar-refractivity contribution in [2.24, 2.45) is 5.84 Å². The number of nitrogens with one attached hydrogen (secondary N) is 1. The molecule has 1 unspecified atom stereocenters. The number of aryl methyl sites for hydroxylation is 2. The summed E-state index contributed by atoms with van der Waals surface area (Å²) in [5.41, 5.74) is 7.47. The van der Waals surface area contributed by atoms with E-state index in [4.69, 9.17) is 5.84 Å². The lowest BCUT2D eigenvalue weighted by molar-refractivity contribution is 0.614. The Balaban J connectivity index is 2.45. The monoisotopic (exact) mass is 241 g/mol. The topological polar surface area (TPSA) is 50.9 Å². The van der Waals surface area contributed by atoms with E-state index >= 15 is 0 Å². The van der Waals surface area contributed by atoms with E-state index in [0.29, 0.717) is 0 Å². The van der Waals surface area contributed by atoms with Crippen molar-refractivity contribution in [2.45, 2.75) is 26.3 Å². The number of hydrogen-bond donors (Lipinski definition) is 2. The van der Waals surface area contributed by atoms with Crippen molar-refractivity contribution < 1.29 is 0 Å².